The van der Waals surface area contributed by atoms with Crippen molar-refractivity contribution < 1.29 is 14.2 Å². The summed E-state index contributed by atoms with van der Waals surface area (Å²) in [5.74, 6) is 0.216. The maximum absolute atomic E-state index is 13.4. The first-order valence-corrected chi connectivity index (χ1v) is 11.5. The van der Waals surface area contributed by atoms with Crippen molar-refractivity contribution in [2.75, 3.05) is 13.7 Å². The van der Waals surface area contributed by atoms with E-state index in [1.54, 1.807) is 19.2 Å². The molecule has 5 heteroatoms. The Balaban J connectivity index is 1.60. The molecule has 1 heterocycles. The fourth-order valence-electron chi connectivity index (χ4n) is 6.32. The van der Waals surface area contributed by atoms with E-state index in [1.807, 2.05) is 10.9 Å². The van der Waals surface area contributed by atoms with Gasteiger partial charge in [0.15, 0.2) is 0 Å². The average Bonchev–Trinajstić information content (AvgIpc) is 3.10. The standard InChI is InChI=1S/C26H31FN2O2/c1-3-26-12-11-25(30,17-31-2)15-20(26)6-4-5-18-14-24-19(13-23(18)26)16-28-29(24)22-9-7-21(27)8-10-22/h7-10,13-14,16,20,30H,3-6,11-12,15,17H2,1-2H3/t20-,25-,26-/m1/s1. The van der Waals surface area contributed by atoms with Gasteiger partial charge in [-0.15, -0.1) is 0 Å². The topological polar surface area (TPSA) is 47.3 Å². The first-order valence-electron chi connectivity index (χ1n) is 11.5. The van der Waals surface area contributed by atoms with Gasteiger partial charge in [-0.2, -0.15) is 5.10 Å². The Kier molecular flexibility index (Phi) is 5.14. The van der Waals surface area contributed by atoms with Gasteiger partial charge in [0, 0.05) is 12.5 Å². The fourth-order valence-corrected chi connectivity index (χ4v) is 6.32. The number of aliphatic hydroxyl groups is 1. The molecule has 31 heavy (non-hydrogen) atoms. The van der Waals surface area contributed by atoms with Crippen LogP contribution >= 0.6 is 0 Å². The second-order valence-electron chi connectivity index (χ2n) is 9.56. The Labute approximate surface area is 183 Å². The zero-order valence-electron chi connectivity index (χ0n) is 18.4. The van der Waals surface area contributed by atoms with Gasteiger partial charge in [-0.05, 0) is 104 Å². The highest BCUT2D eigenvalue weighted by molar-refractivity contribution is 5.82. The Bertz CT molecular complexity index is 1090. The van der Waals surface area contributed by atoms with E-state index in [9.17, 15) is 9.50 Å². The Morgan fingerprint density at radius 3 is 2.77 bits per heavy atom. The third-order valence-corrected chi connectivity index (χ3v) is 7.89. The molecule has 0 unspecified atom stereocenters. The summed E-state index contributed by atoms with van der Waals surface area (Å²) in [5, 5.41) is 16.9. The van der Waals surface area contributed by atoms with Crippen LogP contribution in [0.2, 0.25) is 0 Å². The molecule has 3 aromatic rings. The molecule has 5 rings (SSSR count). The maximum Gasteiger partial charge on any atom is 0.123 e. The van der Waals surface area contributed by atoms with Crippen LogP contribution in [0.15, 0.2) is 42.6 Å². The Morgan fingerprint density at radius 2 is 2.03 bits per heavy atom. The van der Waals surface area contributed by atoms with Crippen LogP contribution in [0.5, 0.6) is 0 Å². The first-order chi connectivity index (χ1) is 15.0. The summed E-state index contributed by atoms with van der Waals surface area (Å²) in [4.78, 5) is 0. The van der Waals surface area contributed by atoms with Gasteiger partial charge >= 0.3 is 0 Å². The van der Waals surface area contributed by atoms with E-state index >= 15 is 0 Å². The van der Waals surface area contributed by atoms with E-state index in [4.69, 9.17) is 4.74 Å². The number of benzene rings is 2. The Morgan fingerprint density at radius 1 is 1.23 bits per heavy atom. The molecule has 2 aromatic carbocycles. The number of aromatic nitrogens is 2. The summed E-state index contributed by atoms with van der Waals surface area (Å²) in [7, 11) is 1.68. The summed E-state index contributed by atoms with van der Waals surface area (Å²) < 4.78 is 20.7. The van der Waals surface area contributed by atoms with Crippen molar-refractivity contribution in [2.24, 2.45) is 5.92 Å². The second-order valence-corrected chi connectivity index (χ2v) is 9.56. The molecule has 2 aliphatic rings. The molecule has 0 radical (unpaired) electrons. The van der Waals surface area contributed by atoms with Gasteiger partial charge in [0.05, 0.1) is 29.6 Å². The number of fused-ring (bicyclic) bond motifs is 4. The summed E-state index contributed by atoms with van der Waals surface area (Å²) in [6.45, 7) is 2.72. The number of hydrogen-bond donors (Lipinski definition) is 1. The molecular weight excluding hydrogens is 391 g/mol. The lowest BCUT2D eigenvalue weighted by molar-refractivity contribution is -0.0903. The molecule has 1 fully saturated rings. The summed E-state index contributed by atoms with van der Waals surface area (Å²) in [6.07, 6.45) is 8.86. The van der Waals surface area contributed by atoms with Crippen LogP contribution in [0, 0.1) is 11.7 Å². The lowest BCUT2D eigenvalue weighted by atomic mass is 9.57. The van der Waals surface area contributed by atoms with E-state index in [0.29, 0.717) is 12.5 Å². The van der Waals surface area contributed by atoms with Crippen molar-refractivity contribution >= 4 is 10.9 Å². The number of halogens is 1. The van der Waals surface area contributed by atoms with Gasteiger partial charge in [-0.25, -0.2) is 9.07 Å². The molecule has 1 N–H and O–H groups in total. The molecule has 0 amide bonds. The molecule has 3 atom stereocenters. The van der Waals surface area contributed by atoms with E-state index < -0.39 is 5.60 Å². The SMILES string of the molecule is CC[C@@]12CC[C@](O)(COC)C[C@H]1CCCc1cc3c(cnn3-c3ccc(F)cc3)cc12. The summed E-state index contributed by atoms with van der Waals surface area (Å²) in [6, 6.07) is 11.2. The van der Waals surface area contributed by atoms with Crippen LogP contribution in [-0.2, 0) is 16.6 Å². The first kappa shape index (κ1) is 20.7. The molecule has 0 aliphatic heterocycles. The van der Waals surface area contributed by atoms with Gasteiger partial charge in [-0.1, -0.05) is 6.92 Å². The normalized spacial score (nSPS) is 28.2. The van der Waals surface area contributed by atoms with Crippen molar-refractivity contribution in [2.45, 2.75) is 62.9 Å². The van der Waals surface area contributed by atoms with E-state index in [-0.39, 0.29) is 11.2 Å². The Hall–Kier alpha value is -2.24. The smallest absolute Gasteiger partial charge is 0.123 e. The third kappa shape index (κ3) is 3.39. The van der Waals surface area contributed by atoms with Crippen molar-refractivity contribution in [3.63, 3.8) is 0 Å². The van der Waals surface area contributed by atoms with Crippen molar-refractivity contribution in [3.8, 4) is 5.69 Å². The highest BCUT2D eigenvalue weighted by atomic mass is 19.1. The van der Waals surface area contributed by atoms with Gasteiger partial charge < -0.3 is 9.84 Å². The van der Waals surface area contributed by atoms with Gasteiger partial charge in [0.1, 0.15) is 5.82 Å². The minimum absolute atomic E-state index is 0.0952. The van der Waals surface area contributed by atoms with Crippen LogP contribution in [0.25, 0.3) is 16.6 Å². The molecule has 2 aliphatic carbocycles. The van der Waals surface area contributed by atoms with Crippen molar-refractivity contribution in [1.82, 2.24) is 9.78 Å². The highest BCUT2D eigenvalue weighted by Crippen LogP contribution is 2.54. The number of rotatable bonds is 4. The summed E-state index contributed by atoms with van der Waals surface area (Å²) in [5.41, 5.74) is 4.18. The molecule has 1 aromatic heterocycles. The minimum Gasteiger partial charge on any atom is -0.387 e. The molecular formula is C26H31FN2O2. The molecule has 164 valence electrons. The van der Waals surface area contributed by atoms with Gasteiger partial charge in [0.2, 0.25) is 0 Å². The van der Waals surface area contributed by atoms with Gasteiger partial charge in [0.25, 0.3) is 0 Å². The minimum atomic E-state index is -0.708. The molecule has 1 saturated carbocycles. The van der Waals surface area contributed by atoms with Crippen LogP contribution in [-0.4, -0.2) is 34.2 Å². The molecule has 0 bridgehead atoms. The lowest BCUT2D eigenvalue weighted by Crippen LogP contribution is -2.49. The molecule has 0 saturated heterocycles. The lowest BCUT2D eigenvalue weighted by Gasteiger charge is -2.50. The van der Waals surface area contributed by atoms with Gasteiger partial charge in [-0.3, -0.25) is 0 Å². The number of methoxy groups -OCH3 is 1. The van der Waals surface area contributed by atoms with E-state index in [2.05, 4.69) is 24.2 Å². The largest absolute Gasteiger partial charge is 0.387 e. The maximum atomic E-state index is 13.4. The molecule has 4 nitrogen and oxygen atoms in total. The number of hydrogen-bond acceptors (Lipinski definition) is 3. The zero-order valence-corrected chi connectivity index (χ0v) is 18.4. The number of aryl methyl sites for hydroxylation is 1. The van der Waals surface area contributed by atoms with Crippen LogP contribution in [0.1, 0.15) is 56.6 Å². The highest BCUT2D eigenvalue weighted by Gasteiger charge is 2.49. The van der Waals surface area contributed by atoms with Crippen LogP contribution < -0.4 is 0 Å². The predicted octanol–water partition coefficient (Wildman–Crippen LogP) is 5.33. The van der Waals surface area contributed by atoms with E-state index in [1.165, 1.54) is 23.3 Å². The fraction of sp³-hybridized carbons (Fsp3) is 0.500. The van der Waals surface area contributed by atoms with Crippen LogP contribution in [0.4, 0.5) is 4.39 Å². The quantitative estimate of drug-likeness (QED) is 0.618. The van der Waals surface area contributed by atoms with Crippen LogP contribution in [0.3, 0.4) is 0 Å². The number of nitrogens with zero attached hydrogens (tertiary/aromatic N) is 2. The third-order valence-electron chi connectivity index (χ3n) is 7.89. The van der Waals surface area contributed by atoms with Crippen molar-refractivity contribution in [3.05, 3.63) is 59.5 Å². The summed E-state index contributed by atoms with van der Waals surface area (Å²) >= 11 is 0. The zero-order chi connectivity index (χ0) is 21.6. The monoisotopic (exact) mass is 422 g/mol. The van der Waals surface area contributed by atoms with E-state index in [0.717, 1.165) is 61.5 Å². The molecule has 0 spiro atoms. The number of ether oxygens (including phenoxy) is 1. The predicted molar refractivity (Wildman–Crippen MR) is 120 cm³/mol. The average molecular weight is 423 g/mol. The second kappa shape index (κ2) is 7.72. The van der Waals surface area contributed by atoms with Crippen molar-refractivity contribution in [1.29, 1.82) is 0 Å².